The van der Waals surface area contributed by atoms with Crippen LogP contribution in [0.15, 0.2) is 18.2 Å². The van der Waals surface area contributed by atoms with Crippen molar-refractivity contribution in [2.24, 2.45) is 0 Å². The molecule has 0 saturated carbocycles. The number of anilines is 1. The summed E-state index contributed by atoms with van der Waals surface area (Å²) in [5.41, 5.74) is 0.357. The van der Waals surface area contributed by atoms with Crippen LogP contribution in [0, 0.1) is 5.82 Å². The van der Waals surface area contributed by atoms with E-state index in [2.05, 4.69) is 10.6 Å². The van der Waals surface area contributed by atoms with Crippen molar-refractivity contribution in [1.29, 1.82) is 0 Å². The number of hydrogen-bond acceptors (Lipinski definition) is 2. The van der Waals surface area contributed by atoms with Crippen LogP contribution >= 0.6 is 11.6 Å². The maximum Gasteiger partial charge on any atom is 0.279 e. The van der Waals surface area contributed by atoms with Gasteiger partial charge in [0.2, 0.25) is 0 Å². The first-order chi connectivity index (χ1) is 10.3. The molecule has 1 rings (SSSR count). The lowest BCUT2D eigenvalue weighted by atomic mass is 10.3. The van der Waals surface area contributed by atoms with Crippen molar-refractivity contribution >= 4 is 29.1 Å². The maximum absolute atomic E-state index is 13.0. The Balaban J connectivity index is 2.56. The van der Waals surface area contributed by atoms with Crippen LogP contribution in [0.2, 0.25) is 5.02 Å². The molecule has 0 aromatic heterocycles. The molecular formula is C15H22ClFN3O2+. The first-order valence-electron chi connectivity index (χ1n) is 7.19. The van der Waals surface area contributed by atoms with Crippen molar-refractivity contribution in [3.63, 3.8) is 0 Å². The Bertz CT molecular complexity index is 538. The lowest BCUT2D eigenvalue weighted by molar-refractivity contribution is -0.881. The summed E-state index contributed by atoms with van der Waals surface area (Å²) in [6, 6.07) is 3.84. The fraction of sp³-hybridized carbons (Fsp3) is 0.467. The van der Waals surface area contributed by atoms with E-state index in [0.29, 0.717) is 12.2 Å². The molecule has 0 spiro atoms. The molecule has 22 heavy (non-hydrogen) atoms. The Labute approximate surface area is 134 Å². The SMILES string of the molecule is CC[NH+](CC(=O)Nc1ccc(F)cc1Cl)CC(=O)NC(C)C. The van der Waals surface area contributed by atoms with Crippen molar-refractivity contribution in [2.75, 3.05) is 25.0 Å². The standard InChI is InChI=1S/C15H21ClFN3O2/c1-4-20(8-14(21)18-10(2)3)9-15(22)19-13-6-5-11(17)7-12(13)16/h5-7,10H,4,8-9H2,1-3H3,(H,18,21)(H,19,22)/p+1. The van der Waals surface area contributed by atoms with E-state index < -0.39 is 5.82 Å². The van der Waals surface area contributed by atoms with Gasteiger partial charge in [-0.2, -0.15) is 0 Å². The molecule has 122 valence electrons. The molecule has 1 unspecified atom stereocenters. The van der Waals surface area contributed by atoms with E-state index in [4.69, 9.17) is 11.6 Å². The molecule has 0 aliphatic rings. The molecule has 1 atom stereocenters. The Kier molecular flexibility index (Phi) is 7.27. The minimum absolute atomic E-state index is 0.0671. The van der Waals surface area contributed by atoms with Gasteiger partial charge < -0.3 is 15.5 Å². The highest BCUT2D eigenvalue weighted by Gasteiger charge is 2.17. The third-order valence-electron chi connectivity index (χ3n) is 2.98. The Morgan fingerprint density at radius 2 is 1.91 bits per heavy atom. The highest BCUT2D eigenvalue weighted by molar-refractivity contribution is 6.33. The molecule has 0 radical (unpaired) electrons. The highest BCUT2D eigenvalue weighted by Crippen LogP contribution is 2.21. The molecule has 1 aromatic rings. The predicted octanol–water partition coefficient (Wildman–Crippen LogP) is 0.847. The number of halogens is 2. The molecule has 5 nitrogen and oxygen atoms in total. The van der Waals surface area contributed by atoms with E-state index in [1.165, 1.54) is 12.1 Å². The van der Waals surface area contributed by atoms with Gasteiger partial charge in [-0.25, -0.2) is 4.39 Å². The second-order valence-corrected chi connectivity index (χ2v) is 5.76. The molecule has 1 aromatic carbocycles. The predicted molar refractivity (Wildman–Crippen MR) is 84.6 cm³/mol. The van der Waals surface area contributed by atoms with Gasteiger partial charge in [0.25, 0.3) is 11.8 Å². The second-order valence-electron chi connectivity index (χ2n) is 5.35. The van der Waals surface area contributed by atoms with Gasteiger partial charge in [-0.05, 0) is 39.0 Å². The average molecular weight is 331 g/mol. The zero-order chi connectivity index (χ0) is 16.7. The van der Waals surface area contributed by atoms with Gasteiger partial charge in [0.05, 0.1) is 17.3 Å². The van der Waals surface area contributed by atoms with Crippen molar-refractivity contribution in [2.45, 2.75) is 26.8 Å². The van der Waals surface area contributed by atoms with Gasteiger partial charge in [0.1, 0.15) is 5.82 Å². The molecule has 0 aliphatic carbocycles. The van der Waals surface area contributed by atoms with Gasteiger partial charge in [-0.15, -0.1) is 0 Å². The molecule has 0 aliphatic heterocycles. The molecular weight excluding hydrogens is 309 g/mol. The first kappa shape index (κ1) is 18.4. The Morgan fingerprint density at radius 3 is 2.45 bits per heavy atom. The van der Waals surface area contributed by atoms with Crippen LogP contribution in [0.5, 0.6) is 0 Å². The number of carbonyl (C=O) groups is 2. The molecule has 3 N–H and O–H groups in total. The summed E-state index contributed by atoms with van der Waals surface area (Å²) >= 11 is 5.86. The molecule has 0 saturated heterocycles. The summed E-state index contributed by atoms with van der Waals surface area (Å²) < 4.78 is 13.0. The smallest absolute Gasteiger partial charge is 0.279 e. The van der Waals surface area contributed by atoms with Crippen molar-refractivity contribution in [3.8, 4) is 0 Å². The monoisotopic (exact) mass is 330 g/mol. The number of amides is 2. The molecule has 2 amide bonds. The first-order valence-corrected chi connectivity index (χ1v) is 7.57. The minimum atomic E-state index is -0.464. The number of likely N-dealkylation sites (N-methyl/N-ethyl adjacent to an activating group) is 1. The topological polar surface area (TPSA) is 62.6 Å². The summed E-state index contributed by atoms with van der Waals surface area (Å²) in [4.78, 5) is 24.6. The number of rotatable bonds is 7. The van der Waals surface area contributed by atoms with Crippen LogP contribution in [-0.4, -0.2) is 37.5 Å². The van der Waals surface area contributed by atoms with Gasteiger partial charge in [0.15, 0.2) is 13.1 Å². The number of benzene rings is 1. The largest absolute Gasteiger partial charge is 0.349 e. The zero-order valence-corrected chi connectivity index (χ0v) is 13.8. The Hall–Kier alpha value is -1.66. The second kappa shape index (κ2) is 8.70. The van der Waals surface area contributed by atoms with Crippen molar-refractivity contribution in [3.05, 3.63) is 29.0 Å². The summed E-state index contributed by atoms with van der Waals surface area (Å²) in [5, 5.41) is 5.56. The van der Waals surface area contributed by atoms with E-state index >= 15 is 0 Å². The quantitative estimate of drug-likeness (QED) is 0.694. The van der Waals surface area contributed by atoms with Crippen LogP contribution in [-0.2, 0) is 9.59 Å². The summed E-state index contributed by atoms with van der Waals surface area (Å²) in [5.74, 6) is -0.837. The normalized spacial score (nSPS) is 12.1. The number of quaternary nitrogens is 1. The van der Waals surface area contributed by atoms with E-state index in [1.54, 1.807) is 0 Å². The van der Waals surface area contributed by atoms with E-state index in [1.807, 2.05) is 20.8 Å². The van der Waals surface area contributed by atoms with Crippen LogP contribution < -0.4 is 15.5 Å². The molecule has 0 fully saturated rings. The summed E-state index contributed by atoms with van der Waals surface area (Å²) in [6.07, 6.45) is 0. The van der Waals surface area contributed by atoms with Crippen LogP contribution in [0.25, 0.3) is 0 Å². The molecule has 7 heteroatoms. The van der Waals surface area contributed by atoms with Crippen LogP contribution in [0.4, 0.5) is 10.1 Å². The van der Waals surface area contributed by atoms with Crippen molar-refractivity contribution < 1.29 is 18.9 Å². The van der Waals surface area contributed by atoms with Crippen molar-refractivity contribution in [1.82, 2.24) is 5.32 Å². The lowest BCUT2D eigenvalue weighted by Gasteiger charge is -2.18. The van der Waals surface area contributed by atoms with Gasteiger partial charge >= 0.3 is 0 Å². The summed E-state index contributed by atoms with van der Waals surface area (Å²) in [7, 11) is 0. The lowest BCUT2D eigenvalue weighted by Crippen LogP contribution is -3.14. The van der Waals surface area contributed by atoms with Gasteiger partial charge in [-0.3, -0.25) is 9.59 Å². The fourth-order valence-corrected chi connectivity index (χ4v) is 2.14. The number of nitrogens with one attached hydrogen (secondary N) is 3. The summed E-state index contributed by atoms with van der Waals surface area (Å²) in [6.45, 7) is 6.65. The third kappa shape index (κ3) is 6.41. The Morgan fingerprint density at radius 1 is 1.27 bits per heavy atom. The average Bonchev–Trinajstić information content (AvgIpc) is 2.40. The van der Waals surface area contributed by atoms with Crippen LogP contribution in [0.3, 0.4) is 0 Å². The van der Waals surface area contributed by atoms with Gasteiger partial charge in [0, 0.05) is 6.04 Å². The maximum atomic E-state index is 13.0. The zero-order valence-electron chi connectivity index (χ0n) is 13.0. The minimum Gasteiger partial charge on any atom is -0.349 e. The van der Waals surface area contributed by atoms with E-state index in [9.17, 15) is 14.0 Å². The third-order valence-corrected chi connectivity index (χ3v) is 3.29. The molecule has 0 bridgehead atoms. The van der Waals surface area contributed by atoms with Crippen LogP contribution in [0.1, 0.15) is 20.8 Å². The van der Waals surface area contributed by atoms with E-state index in [-0.39, 0.29) is 36.0 Å². The van der Waals surface area contributed by atoms with E-state index in [0.717, 1.165) is 11.0 Å². The van der Waals surface area contributed by atoms with Gasteiger partial charge in [-0.1, -0.05) is 11.6 Å². The highest BCUT2D eigenvalue weighted by atomic mass is 35.5. The number of hydrogen-bond donors (Lipinski definition) is 3. The number of carbonyl (C=O) groups excluding carboxylic acids is 2. The fourth-order valence-electron chi connectivity index (χ4n) is 1.92. The molecule has 0 heterocycles.